The third-order valence-electron chi connectivity index (χ3n) is 1.87. The van der Waals surface area contributed by atoms with Gasteiger partial charge in [-0.15, -0.1) is 0 Å². The van der Waals surface area contributed by atoms with Gasteiger partial charge in [-0.3, -0.25) is 9.59 Å². The molecular weight excluding hydrogens is 191 g/mol. The van der Waals surface area contributed by atoms with E-state index >= 15 is 0 Å². The molecule has 0 atom stereocenters. The molecule has 2 radical (unpaired) electrons. The molecule has 0 amide bonds. The Morgan fingerprint density at radius 3 is 2.60 bits per heavy atom. The van der Waals surface area contributed by atoms with Crippen LogP contribution in [0.2, 0.25) is 0 Å². The van der Waals surface area contributed by atoms with E-state index in [0.29, 0.717) is 11.0 Å². The molecule has 15 heavy (non-hydrogen) atoms. The Kier molecular flexibility index (Phi) is 4.09. The molecule has 4 heteroatoms. The maximum atomic E-state index is 11.6. The van der Waals surface area contributed by atoms with E-state index in [1.807, 2.05) is 0 Å². The minimum atomic E-state index is -0.522. The van der Waals surface area contributed by atoms with Gasteiger partial charge in [0.1, 0.15) is 14.3 Å². The summed E-state index contributed by atoms with van der Waals surface area (Å²) in [6, 6.07) is 6.65. The summed E-state index contributed by atoms with van der Waals surface area (Å²) in [6.07, 6.45) is -0.262. The van der Waals surface area contributed by atoms with Crippen molar-refractivity contribution in [1.29, 1.82) is 0 Å². The van der Waals surface area contributed by atoms with Crippen LogP contribution in [0.3, 0.4) is 0 Å². The number of esters is 1. The molecule has 0 aliphatic heterocycles. The number of ether oxygens (including phenoxy) is 1. The van der Waals surface area contributed by atoms with Gasteiger partial charge in [0.15, 0.2) is 5.78 Å². The van der Waals surface area contributed by atoms with Crippen molar-refractivity contribution in [3.63, 3.8) is 0 Å². The molecule has 0 unspecified atom stereocenters. The van der Waals surface area contributed by atoms with Crippen molar-refractivity contribution in [1.82, 2.24) is 0 Å². The van der Waals surface area contributed by atoms with Crippen molar-refractivity contribution in [2.24, 2.45) is 0 Å². The van der Waals surface area contributed by atoms with E-state index in [9.17, 15) is 9.59 Å². The van der Waals surface area contributed by atoms with Crippen LogP contribution >= 0.6 is 0 Å². The quantitative estimate of drug-likeness (QED) is 0.311. The van der Waals surface area contributed by atoms with E-state index in [-0.39, 0.29) is 18.8 Å². The van der Waals surface area contributed by atoms with Gasteiger partial charge in [-0.25, -0.2) is 0 Å². The molecule has 1 aromatic rings. The molecule has 1 rings (SSSR count). The van der Waals surface area contributed by atoms with E-state index in [4.69, 9.17) is 7.85 Å². The maximum absolute atomic E-state index is 11.6. The van der Waals surface area contributed by atoms with E-state index in [2.05, 4.69) is 4.74 Å². The van der Waals surface area contributed by atoms with E-state index in [0.717, 1.165) is 0 Å². The Balaban J connectivity index is 2.70. The predicted octanol–water partition coefficient (Wildman–Crippen LogP) is 0.616. The average molecular weight is 202 g/mol. The van der Waals surface area contributed by atoms with Crippen LogP contribution in [0.1, 0.15) is 23.7 Å². The van der Waals surface area contributed by atoms with Gasteiger partial charge < -0.3 is 4.74 Å². The van der Waals surface area contributed by atoms with Crippen molar-refractivity contribution in [2.75, 3.05) is 6.61 Å². The molecule has 0 spiro atoms. The fourth-order valence-electron chi connectivity index (χ4n) is 1.19. The fraction of sp³-hybridized carbons (Fsp3) is 0.273. The Bertz CT molecular complexity index is 374. The lowest BCUT2D eigenvalue weighted by Crippen LogP contribution is -2.19. The minimum Gasteiger partial charge on any atom is -0.466 e. The highest BCUT2D eigenvalue weighted by Crippen LogP contribution is 2.01. The second-order valence-electron chi connectivity index (χ2n) is 2.99. The Morgan fingerprint density at radius 1 is 1.33 bits per heavy atom. The highest BCUT2D eigenvalue weighted by molar-refractivity contribution is 6.37. The molecule has 1 aromatic carbocycles. The number of hydrogen-bond acceptors (Lipinski definition) is 3. The summed E-state index contributed by atoms with van der Waals surface area (Å²) in [6.45, 7) is 1.97. The number of benzene rings is 1. The predicted molar refractivity (Wildman–Crippen MR) is 57.4 cm³/mol. The van der Waals surface area contributed by atoms with E-state index in [1.54, 1.807) is 31.2 Å². The fourth-order valence-corrected chi connectivity index (χ4v) is 1.19. The summed E-state index contributed by atoms with van der Waals surface area (Å²) in [5.41, 5.74) is 0.748. The van der Waals surface area contributed by atoms with Gasteiger partial charge in [-0.05, 0) is 6.92 Å². The zero-order valence-corrected chi connectivity index (χ0v) is 8.53. The normalized spacial score (nSPS) is 9.67. The molecule has 0 aliphatic carbocycles. The lowest BCUT2D eigenvalue weighted by molar-refractivity contribution is -0.141. The average Bonchev–Trinajstić information content (AvgIpc) is 2.18. The highest BCUT2D eigenvalue weighted by atomic mass is 16.5. The van der Waals surface area contributed by atoms with Crippen LogP contribution in [0.4, 0.5) is 0 Å². The molecule has 3 nitrogen and oxygen atoms in total. The maximum Gasteiger partial charge on any atom is 0.313 e. The Morgan fingerprint density at radius 2 is 2.00 bits per heavy atom. The molecule has 0 N–H and O–H groups in total. The third kappa shape index (κ3) is 3.24. The zero-order valence-electron chi connectivity index (χ0n) is 8.53. The standard InChI is InChI=1S/C11H11BO3/c1-2-15-11(14)7-10(13)8-5-3-4-6-9(8)12/h3-6H,2,7H2,1H3. The second-order valence-corrected chi connectivity index (χ2v) is 2.99. The van der Waals surface area contributed by atoms with Gasteiger partial charge >= 0.3 is 5.97 Å². The molecule has 0 heterocycles. The van der Waals surface area contributed by atoms with Crippen LogP contribution in [-0.2, 0) is 9.53 Å². The summed E-state index contributed by atoms with van der Waals surface area (Å²) in [7, 11) is 5.60. The lowest BCUT2D eigenvalue weighted by Gasteiger charge is -2.04. The van der Waals surface area contributed by atoms with Crippen molar-refractivity contribution in [3.05, 3.63) is 29.8 Å². The van der Waals surface area contributed by atoms with Gasteiger partial charge in [0.05, 0.1) is 6.61 Å². The number of ketones is 1. The smallest absolute Gasteiger partial charge is 0.313 e. The molecule has 0 fully saturated rings. The molecule has 0 saturated carbocycles. The molecule has 0 aliphatic rings. The summed E-state index contributed by atoms with van der Waals surface area (Å²) < 4.78 is 4.67. The zero-order chi connectivity index (χ0) is 11.3. The first-order chi connectivity index (χ1) is 7.15. The summed E-state index contributed by atoms with van der Waals surface area (Å²) in [5, 5.41) is 0. The number of carbonyl (C=O) groups is 2. The van der Waals surface area contributed by atoms with Crippen molar-refractivity contribution < 1.29 is 14.3 Å². The van der Waals surface area contributed by atoms with E-state index in [1.165, 1.54) is 0 Å². The first kappa shape index (κ1) is 11.5. The van der Waals surface area contributed by atoms with Crippen LogP contribution in [0.5, 0.6) is 0 Å². The van der Waals surface area contributed by atoms with Gasteiger partial charge in [-0.1, -0.05) is 29.7 Å². The lowest BCUT2D eigenvalue weighted by atomic mass is 9.88. The number of Topliss-reactive ketones (excluding diaryl/α,β-unsaturated/α-hetero) is 1. The van der Waals surface area contributed by atoms with E-state index < -0.39 is 5.97 Å². The second kappa shape index (κ2) is 5.34. The summed E-state index contributed by atoms with van der Waals surface area (Å²) in [4.78, 5) is 22.6. The molecule has 0 saturated heterocycles. The minimum absolute atomic E-state index is 0.262. The summed E-state index contributed by atoms with van der Waals surface area (Å²) in [5.74, 6) is -0.836. The Labute approximate surface area is 89.8 Å². The van der Waals surface area contributed by atoms with Crippen LogP contribution in [0.25, 0.3) is 0 Å². The molecule has 76 valence electrons. The third-order valence-corrected chi connectivity index (χ3v) is 1.87. The monoisotopic (exact) mass is 202 g/mol. The number of hydrogen-bond donors (Lipinski definition) is 0. The first-order valence-corrected chi connectivity index (χ1v) is 4.68. The molecule has 0 aromatic heterocycles. The number of rotatable bonds is 4. The van der Waals surface area contributed by atoms with Crippen molar-refractivity contribution >= 4 is 25.1 Å². The van der Waals surface area contributed by atoms with Gasteiger partial charge in [0, 0.05) is 5.56 Å². The summed E-state index contributed by atoms with van der Waals surface area (Å²) >= 11 is 0. The Hall–Kier alpha value is -1.58. The van der Waals surface area contributed by atoms with Crippen LogP contribution < -0.4 is 5.46 Å². The van der Waals surface area contributed by atoms with Gasteiger partial charge in [0.2, 0.25) is 0 Å². The molecule has 0 bridgehead atoms. The van der Waals surface area contributed by atoms with Crippen LogP contribution in [0.15, 0.2) is 24.3 Å². The van der Waals surface area contributed by atoms with Gasteiger partial charge in [0.25, 0.3) is 0 Å². The largest absolute Gasteiger partial charge is 0.466 e. The van der Waals surface area contributed by atoms with Crippen LogP contribution in [0, 0.1) is 0 Å². The first-order valence-electron chi connectivity index (χ1n) is 4.68. The van der Waals surface area contributed by atoms with Crippen LogP contribution in [-0.4, -0.2) is 26.2 Å². The number of carbonyl (C=O) groups excluding carboxylic acids is 2. The SMILES string of the molecule is [B]c1ccccc1C(=O)CC(=O)OCC. The topological polar surface area (TPSA) is 43.4 Å². The van der Waals surface area contributed by atoms with Crippen molar-refractivity contribution in [3.8, 4) is 0 Å². The van der Waals surface area contributed by atoms with Crippen molar-refractivity contribution in [2.45, 2.75) is 13.3 Å². The highest BCUT2D eigenvalue weighted by Gasteiger charge is 2.13. The van der Waals surface area contributed by atoms with Gasteiger partial charge in [-0.2, -0.15) is 0 Å². The molecular formula is C11H11BO3.